The monoisotopic (exact) mass is 703 g/mol. The number of piperidine rings is 1. The van der Waals surface area contributed by atoms with E-state index in [1.165, 1.54) is 6.42 Å². The van der Waals surface area contributed by atoms with Gasteiger partial charge >= 0.3 is 0 Å². The van der Waals surface area contributed by atoms with Crippen molar-refractivity contribution in [2.45, 2.75) is 206 Å². The number of ketones is 2. The first kappa shape index (κ1) is 42.6. The first-order valence-electron chi connectivity index (χ1n) is 20.2. The molecular weight excluding hydrogens is 628 g/mol. The number of ether oxygens (including phenoxy) is 1. The van der Waals surface area contributed by atoms with E-state index in [9.17, 15) is 19.2 Å². The molecule has 0 aromatic heterocycles. The summed E-state index contributed by atoms with van der Waals surface area (Å²) in [6.07, 6.45) is 14.3. The number of rotatable bonds is 14. The Kier molecular flexibility index (Phi) is 16.0. The molecule has 3 N–H and O–H groups in total. The lowest BCUT2D eigenvalue weighted by atomic mass is 9.80. The quantitative estimate of drug-likeness (QED) is 0.166. The average Bonchev–Trinajstić information content (AvgIpc) is 3.26. The molecule has 0 aromatic carbocycles. The summed E-state index contributed by atoms with van der Waals surface area (Å²) in [5.41, 5.74) is -1.83. The van der Waals surface area contributed by atoms with Crippen LogP contribution >= 0.6 is 0 Å². The molecule has 1 aliphatic heterocycles. The van der Waals surface area contributed by atoms with Crippen molar-refractivity contribution in [3.63, 3.8) is 0 Å². The van der Waals surface area contributed by atoms with Gasteiger partial charge in [-0.2, -0.15) is 0 Å². The van der Waals surface area contributed by atoms with Crippen molar-refractivity contribution in [3.05, 3.63) is 0 Å². The highest BCUT2D eigenvalue weighted by Crippen LogP contribution is 2.36. The molecule has 0 unspecified atom stereocenters. The molecule has 3 rings (SSSR count). The number of carbonyl (C=O) groups excluding carboxylic acids is 4. The van der Waals surface area contributed by atoms with Crippen molar-refractivity contribution < 1.29 is 23.9 Å². The molecular formula is C41H74N4O5. The summed E-state index contributed by atoms with van der Waals surface area (Å²) in [6.45, 7) is 20.3. The van der Waals surface area contributed by atoms with E-state index in [1.807, 2.05) is 18.7 Å². The number of hydrogen-bond acceptors (Lipinski definition) is 7. The summed E-state index contributed by atoms with van der Waals surface area (Å²) in [7, 11) is 0. The first-order valence-corrected chi connectivity index (χ1v) is 20.2. The van der Waals surface area contributed by atoms with Gasteiger partial charge in [0.15, 0.2) is 11.6 Å². The lowest BCUT2D eigenvalue weighted by Gasteiger charge is -2.42. The van der Waals surface area contributed by atoms with Crippen LogP contribution in [0.2, 0.25) is 0 Å². The third-order valence-electron chi connectivity index (χ3n) is 11.1. The third kappa shape index (κ3) is 13.0. The maximum atomic E-state index is 14.5. The number of hydrogen-bond donors (Lipinski definition) is 3. The van der Waals surface area contributed by atoms with Crippen LogP contribution in [0.25, 0.3) is 0 Å². The Morgan fingerprint density at radius 1 is 0.780 bits per heavy atom. The van der Waals surface area contributed by atoms with Gasteiger partial charge in [-0.25, -0.2) is 0 Å². The fourth-order valence-corrected chi connectivity index (χ4v) is 8.23. The SMILES string of the molecule is CC(C)[C@H](NC1(C(=O)CCNC(C)(C)C)CCCCCC1)C(=O)N[C@@H](C)C(=O)C1(OC2CCN(C(=O)CC(C)(C)C)CC2)CCCCCCC1. The van der Waals surface area contributed by atoms with Crippen LogP contribution in [0, 0.1) is 11.3 Å². The maximum absolute atomic E-state index is 14.5. The van der Waals surface area contributed by atoms with Gasteiger partial charge in [-0.15, -0.1) is 0 Å². The van der Waals surface area contributed by atoms with Crippen LogP contribution in [-0.4, -0.2) is 82.8 Å². The summed E-state index contributed by atoms with van der Waals surface area (Å²) in [6, 6.07) is -1.33. The second kappa shape index (κ2) is 18.8. The molecule has 3 fully saturated rings. The van der Waals surface area contributed by atoms with Gasteiger partial charge in [-0.3, -0.25) is 24.5 Å². The van der Waals surface area contributed by atoms with E-state index in [1.54, 1.807) is 6.92 Å². The summed E-state index contributed by atoms with van der Waals surface area (Å²) < 4.78 is 6.90. The number of nitrogens with one attached hydrogen (secondary N) is 3. The van der Waals surface area contributed by atoms with Crippen LogP contribution in [0.4, 0.5) is 0 Å². The molecule has 0 radical (unpaired) electrons. The van der Waals surface area contributed by atoms with E-state index in [0.717, 1.165) is 64.2 Å². The van der Waals surface area contributed by atoms with E-state index in [0.29, 0.717) is 58.2 Å². The molecule has 2 saturated carbocycles. The standard InChI is InChI=1S/C41H74N4O5/c1-30(2)35(44-40(22-15-13-14-16-23-40)33(46)19-26-42-39(7,8)9)37(49)43-31(3)36(48)41(24-17-11-10-12-18-25-41)50-32-20-27-45(28-21-32)34(47)29-38(4,5)6/h30-32,35,42,44H,10-29H2,1-9H3,(H,43,49)/t31-,35-/m0/s1. The fraction of sp³-hybridized carbons (Fsp3) is 0.902. The van der Waals surface area contributed by atoms with E-state index in [2.05, 4.69) is 57.5 Å². The van der Waals surface area contributed by atoms with E-state index in [4.69, 9.17) is 4.74 Å². The molecule has 3 aliphatic rings. The number of Topliss-reactive ketones (excluding diaryl/α,β-unsaturated/α-hetero) is 2. The second-order valence-corrected chi connectivity index (χ2v) is 18.5. The molecule has 1 saturated heterocycles. The lowest BCUT2D eigenvalue weighted by Crippen LogP contribution is -2.63. The van der Waals surface area contributed by atoms with Crippen LogP contribution in [0.3, 0.4) is 0 Å². The second-order valence-electron chi connectivity index (χ2n) is 18.5. The van der Waals surface area contributed by atoms with Crippen LogP contribution < -0.4 is 16.0 Å². The first-order chi connectivity index (χ1) is 23.4. The molecule has 50 heavy (non-hydrogen) atoms. The molecule has 2 atom stereocenters. The van der Waals surface area contributed by atoms with E-state index >= 15 is 0 Å². The highest BCUT2D eigenvalue weighted by atomic mass is 16.5. The molecule has 9 heteroatoms. The predicted octanol–water partition coefficient (Wildman–Crippen LogP) is 7.04. The van der Waals surface area contributed by atoms with Gasteiger partial charge < -0.3 is 20.3 Å². The van der Waals surface area contributed by atoms with E-state index < -0.39 is 23.2 Å². The Morgan fingerprint density at radius 2 is 1.30 bits per heavy atom. The molecule has 2 amide bonds. The Morgan fingerprint density at radius 3 is 1.80 bits per heavy atom. The van der Waals surface area contributed by atoms with Crippen molar-refractivity contribution in [1.82, 2.24) is 20.9 Å². The molecule has 0 bridgehead atoms. The number of carbonyl (C=O) groups is 4. The normalized spacial score (nSPS) is 22.2. The Hall–Kier alpha value is -1.84. The minimum atomic E-state index is -0.950. The highest BCUT2D eigenvalue weighted by Gasteiger charge is 2.46. The zero-order valence-corrected chi connectivity index (χ0v) is 33.4. The van der Waals surface area contributed by atoms with Gasteiger partial charge in [-0.1, -0.05) is 92.4 Å². The fourth-order valence-electron chi connectivity index (χ4n) is 8.23. The number of nitrogens with zero attached hydrogens (tertiary/aromatic N) is 1. The van der Waals surface area contributed by atoms with Gasteiger partial charge in [0.05, 0.1) is 23.7 Å². The maximum Gasteiger partial charge on any atom is 0.238 e. The molecule has 0 aromatic rings. The zero-order chi connectivity index (χ0) is 37.2. The Balaban J connectivity index is 1.74. The van der Waals surface area contributed by atoms with Crippen molar-refractivity contribution >= 4 is 23.4 Å². The molecule has 288 valence electrons. The van der Waals surface area contributed by atoms with Crippen LogP contribution in [0.1, 0.15) is 171 Å². The average molecular weight is 703 g/mol. The van der Waals surface area contributed by atoms with Crippen molar-refractivity contribution in [2.24, 2.45) is 11.3 Å². The minimum absolute atomic E-state index is 0.0463. The Labute approximate surface area is 304 Å². The summed E-state index contributed by atoms with van der Waals surface area (Å²) in [5.74, 6) is 0.0143. The van der Waals surface area contributed by atoms with Crippen molar-refractivity contribution in [3.8, 4) is 0 Å². The van der Waals surface area contributed by atoms with Gasteiger partial charge in [0.1, 0.15) is 5.60 Å². The topological polar surface area (TPSA) is 117 Å². The van der Waals surface area contributed by atoms with Crippen LogP contribution in [-0.2, 0) is 23.9 Å². The van der Waals surface area contributed by atoms with Gasteiger partial charge in [0.25, 0.3) is 0 Å². The van der Waals surface area contributed by atoms with Gasteiger partial charge in [-0.05, 0) is 77.6 Å². The summed E-state index contributed by atoms with van der Waals surface area (Å²) in [4.78, 5) is 57.5. The third-order valence-corrected chi connectivity index (χ3v) is 11.1. The molecule has 2 aliphatic carbocycles. The van der Waals surface area contributed by atoms with Gasteiger partial charge in [0.2, 0.25) is 11.8 Å². The van der Waals surface area contributed by atoms with Crippen molar-refractivity contribution in [1.29, 1.82) is 0 Å². The summed E-state index contributed by atoms with van der Waals surface area (Å²) >= 11 is 0. The van der Waals surface area contributed by atoms with E-state index in [-0.39, 0.29) is 46.4 Å². The lowest BCUT2D eigenvalue weighted by molar-refractivity contribution is -0.166. The zero-order valence-electron chi connectivity index (χ0n) is 33.4. The van der Waals surface area contributed by atoms with Crippen LogP contribution in [0.15, 0.2) is 0 Å². The summed E-state index contributed by atoms with van der Waals surface area (Å²) in [5, 5.41) is 10.2. The minimum Gasteiger partial charge on any atom is -0.364 e. The van der Waals surface area contributed by atoms with Gasteiger partial charge in [0, 0.05) is 38.0 Å². The molecule has 0 spiro atoms. The largest absolute Gasteiger partial charge is 0.364 e. The molecule has 9 nitrogen and oxygen atoms in total. The molecule has 1 heterocycles. The number of amides is 2. The van der Waals surface area contributed by atoms with Crippen molar-refractivity contribution in [2.75, 3.05) is 19.6 Å². The number of likely N-dealkylation sites (tertiary alicyclic amines) is 1. The highest BCUT2D eigenvalue weighted by molar-refractivity contribution is 5.96. The van der Waals surface area contributed by atoms with Crippen LogP contribution in [0.5, 0.6) is 0 Å². The smallest absolute Gasteiger partial charge is 0.238 e. The predicted molar refractivity (Wildman–Crippen MR) is 202 cm³/mol. The Bertz CT molecular complexity index is 1100.